The molecule has 1 heterocycles. The Morgan fingerprint density at radius 1 is 1.21 bits per heavy atom. The van der Waals surface area contributed by atoms with E-state index in [0.29, 0.717) is 24.9 Å². The van der Waals surface area contributed by atoms with Crippen LogP contribution in [0.1, 0.15) is 30.9 Å². The molecule has 7 heteroatoms. The van der Waals surface area contributed by atoms with Crippen LogP contribution in [0.3, 0.4) is 0 Å². The van der Waals surface area contributed by atoms with Crippen LogP contribution in [0.2, 0.25) is 0 Å². The van der Waals surface area contributed by atoms with Gasteiger partial charge in [0.25, 0.3) is 0 Å². The molecule has 3 rings (SSSR count). The highest BCUT2D eigenvalue weighted by molar-refractivity contribution is 7.89. The molecule has 1 N–H and O–H groups in total. The molecule has 2 aromatic rings. The average molecular weight is 405 g/mol. The number of halogens is 1. The highest BCUT2D eigenvalue weighted by atomic mass is 32.2. The SMILES string of the molecule is Cc1cccc(S(=O)(=O)N2CCC[C@@](C)(C(=O)NCc3cccc(F)c3)C2)c1. The maximum Gasteiger partial charge on any atom is 0.243 e. The zero-order valence-corrected chi connectivity index (χ0v) is 16.9. The first-order valence-electron chi connectivity index (χ1n) is 9.30. The maximum absolute atomic E-state index is 13.3. The van der Waals surface area contributed by atoms with Gasteiger partial charge in [-0.3, -0.25) is 4.79 Å². The van der Waals surface area contributed by atoms with Gasteiger partial charge in [-0.25, -0.2) is 12.8 Å². The number of benzene rings is 2. The summed E-state index contributed by atoms with van der Waals surface area (Å²) in [6.07, 6.45) is 1.21. The monoisotopic (exact) mass is 404 g/mol. The van der Waals surface area contributed by atoms with Crippen molar-refractivity contribution in [1.82, 2.24) is 9.62 Å². The number of piperidine rings is 1. The zero-order valence-electron chi connectivity index (χ0n) is 16.1. The Morgan fingerprint density at radius 3 is 2.68 bits per heavy atom. The van der Waals surface area contributed by atoms with Crippen molar-refractivity contribution in [2.24, 2.45) is 5.41 Å². The number of hydrogen-bond donors (Lipinski definition) is 1. The molecule has 0 saturated carbocycles. The quantitative estimate of drug-likeness (QED) is 0.832. The van der Waals surface area contributed by atoms with Crippen LogP contribution >= 0.6 is 0 Å². The van der Waals surface area contributed by atoms with Crippen LogP contribution in [-0.4, -0.2) is 31.7 Å². The number of amides is 1. The van der Waals surface area contributed by atoms with Crippen molar-refractivity contribution in [3.05, 3.63) is 65.5 Å². The van der Waals surface area contributed by atoms with Crippen molar-refractivity contribution in [3.63, 3.8) is 0 Å². The third kappa shape index (κ3) is 4.42. The van der Waals surface area contributed by atoms with Crippen LogP contribution in [0.4, 0.5) is 4.39 Å². The number of carbonyl (C=O) groups is 1. The van der Waals surface area contributed by atoms with E-state index in [1.807, 2.05) is 13.0 Å². The summed E-state index contributed by atoms with van der Waals surface area (Å²) in [7, 11) is -3.66. The van der Waals surface area contributed by atoms with E-state index in [1.165, 1.54) is 16.4 Å². The standard InChI is InChI=1S/C21H25FN2O3S/c1-16-6-3-9-19(12-16)28(26,27)24-11-5-10-21(2,15-24)20(25)23-14-17-7-4-8-18(22)13-17/h3-4,6-9,12-13H,5,10-11,14-15H2,1-2H3,(H,23,25)/t21-/m1/s1. The molecule has 1 amide bonds. The van der Waals surface area contributed by atoms with Gasteiger partial charge in [-0.05, 0) is 62.1 Å². The second kappa shape index (κ2) is 8.01. The summed E-state index contributed by atoms with van der Waals surface area (Å²) in [4.78, 5) is 13.1. The molecule has 150 valence electrons. The molecule has 1 aliphatic rings. The van der Waals surface area contributed by atoms with E-state index in [0.717, 1.165) is 5.56 Å². The fourth-order valence-corrected chi connectivity index (χ4v) is 5.26. The minimum absolute atomic E-state index is 0.123. The number of aryl methyl sites for hydroxylation is 1. The summed E-state index contributed by atoms with van der Waals surface area (Å²) in [6.45, 7) is 4.35. The van der Waals surface area contributed by atoms with Gasteiger partial charge in [0.2, 0.25) is 15.9 Å². The third-order valence-corrected chi connectivity index (χ3v) is 7.02. The predicted molar refractivity (Wildman–Crippen MR) is 106 cm³/mol. The van der Waals surface area contributed by atoms with Crippen molar-refractivity contribution < 1.29 is 17.6 Å². The highest BCUT2D eigenvalue weighted by Crippen LogP contribution is 2.33. The summed E-state index contributed by atoms with van der Waals surface area (Å²) in [5.41, 5.74) is 0.702. The summed E-state index contributed by atoms with van der Waals surface area (Å²) >= 11 is 0. The van der Waals surface area contributed by atoms with Crippen LogP contribution in [0.25, 0.3) is 0 Å². The molecule has 28 heavy (non-hydrogen) atoms. The van der Waals surface area contributed by atoms with Gasteiger partial charge in [0.1, 0.15) is 5.82 Å². The van der Waals surface area contributed by atoms with Gasteiger partial charge < -0.3 is 5.32 Å². The summed E-state index contributed by atoms with van der Waals surface area (Å²) < 4.78 is 40.7. The molecule has 2 aromatic carbocycles. The summed E-state index contributed by atoms with van der Waals surface area (Å²) in [5.74, 6) is -0.577. The highest BCUT2D eigenvalue weighted by Gasteiger charge is 2.41. The van der Waals surface area contributed by atoms with Gasteiger partial charge >= 0.3 is 0 Å². The first kappa shape index (κ1) is 20.5. The molecule has 0 aliphatic carbocycles. The van der Waals surface area contributed by atoms with Crippen LogP contribution in [-0.2, 0) is 21.4 Å². The Balaban J connectivity index is 1.72. The molecular formula is C21H25FN2O3S. The van der Waals surface area contributed by atoms with E-state index in [-0.39, 0.29) is 29.7 Å². The maximum atomic E-state index is 13.3. The topological polar surface area (TPSA) is 66.5 Å². The van der Waals surface area contributed by atoms with Gasteiger partial charge in [-0.15, -0.1) is 0 Å². The number of nitrogens with one attached hydrogen (secondary N) is 1. The molecule has 5 nitrogen and oxygen atoms in total. The Morgan fingerprint density at radius 2 is 1.96 bits per heavy atom. The van der Waals surface area contributed by atoms with Crippen molar-refractivity contribution in [2.75, 3.05) is 13.1 Å². The van der Waals surface area contributed by atoms with Crippen molar-refractivity contribution in [3.8, 4) is 0 Å². The van der Waals surface area contributed by atoms with Gasteiger partial charge in [0.05, 0.1) is 10.3 Å². The Hall–Kier alpha value is -2.25. The van der Waals surface area contributed by atoms with E-state index in [4.69, 9.17) is 0 Å². The van der Waals surface area contributed by atoms with Crippen molar-refractivity contribution >= 4 is 15.9 Å². The summed E-state index contributed by atoms with van der Waals surface area (Å²) in [6, 6.07) is 12.8. The molecule has 1 saturated heterocycles. The number of nitrogens with zero attached hydrogens (tertiary/aromatic N) is 1. The van der Waals surface area contributed by atoms with Crippen LogP contribution in [0.15, 0.2) is 53.4 Å². The number of carbonyl (C=O) groups excluding carboxylic acids is 1. The van der Waals surface area contributed by atoms with Crippen LogP contribution < -0.4 is 5.32 Å². The predicted octanol–water partition coefficient (Wildman–Crippen LogP) is 3.24. The molecule has 0 bridgehead atoms. The lowest BCUT2D eigenvalue weighted by atomic mass is 9.82. The largest absolute Gasteiger partial charge is 0.352 e. The van der Waals surface area contributed by atoms with Gasteiger partial charge in [0.15, 0.2) is 0 Å². The second-order valence-corrected chi connectivity index (χ2v) is 9.57. The molecule has 1 atom stereocenters. The molecule has 1 fully saturated rings. The first-order valence-corrected chi connectivity index (χ1v) is 10.7. The lowest BCUT2D eigenvalue weighted by Gasteiger charge is -2.38. The minimum Gasteiger partial charge on any atom is -0.352 e. The van der Waals surface area contributed by atoms with E-state index in [1.54, 1.807) is 37.3 Å². The van der Waals surface area contributed by atoms with Gasteiger partial charge in [0, 0.05) is 19.6 Å². The Kier molecular flexibility index (Phi) is 5.86. The average Bonchev–Trinajstić information content (AvgIpc) is 2.66. The van der Waals surface area contributed by atoms with Crippen LogP contribution in [0, 0.1) is 18.2 Å². The minimum atomic E-state index is -3.66. The van der Waals surface area contributed by atoms with E-state index < -0.39 is 15.4 Å². The van der Waals surface area contributed by atoms with Crippen molar-refractivity contribution in [2.45, 2.75) is 38.1 Å². The molecule has 0 unspecified atom stereocenters. The molecule has 0 aromatic heterocycles. The second-order valence-electron chi connectivity index (χ2n) is 7.63. The fraction of sp³-hybridized carbons (Fsp3) is 0.381. The molecule has 1 aliphatic heterocycles. The Labute approximate surface area is 165 Å². The van der Waals surface area contributed by atoms with E-state index in [9.17, 15) is 17.6 Å². The summed E-state index contributed by atoms with van der Waals surface area (Å²) in [5, 5.41) is 2.83. The number of sulfonamides is 1. The van der Waals surface area contributed by atoms with Crippen molar-refractivity contribution in [1.29, 1.82) is 0 Å². The fourth-order valence-electron chi connectivity index (χ4n) is 3.55. The van der Waals surface area contributed by atoms with E-state index in [2.05, 4.69) is 5.32 Å². The zero-order chi connectivity index (χ0) is 20.4. The van der Waals surface area contributed by atoms with Gasteiger partial charge in [-0.1, -0.05) is 24.3 Å². The number of rotatable bonds is 5. The van der Waals surface area contributed by atoms with Crippen LogP contribution in [0.5, 0.6) is 0 Å². The normalized spacial score (nSPS) is 20.7. The van der Waals surface area contributed by atoms with Gasteiger partial charge in [-0.2, -0.15) is 4.31 Å². The smallest absolute Gasteiger partial charge is 0.243 e. The molecular weight excluding hydrogens is 379 g/mol. The molecule has 0 spiro atoms. The lowest BCUT2D eigenvalue weighted by molar-refractivity contribution is -0.132. The molecule has 0 radical (unpaired) electrons. The van der Waals surface area contributed by atoms with E-state index >= 15 is 0 Å². The Bertz CT molecular complexity index is 977. The first-order chi connectivity index (χ1) is 13.2. The third-order valence-electron chi connectivity index (χ3n) is 5.18. The number of hydrogen-bond acceptors (Lipinski definition) is 3. The lowest BCUT2D eigenvalue weighted by Crippen LogP contribution is -2.51.